The predicted octanol–water partition coefficient (Wildman–Crippen LogP) is 3.27. The fourth-order valence-electron chi connectivity index (χ4n) is 2.31. The van der Waals surface area contributed by atoms with E-state index in [4.69, 9.17) is 16.3 Å². The van der Waals surface area contributed by atoms with Crippen LogP contribution in [-0.4, -0.2) is 15.0 Å². The van der Waals surface area contributed by atoms with Crippen LogP contribution in [0.2, 0.25) is 5.02 Å². The smallest absolute Gasteiger partial charge is 0.326 e. The zero-order valence-electron chi connectivity index (χ0n) is 11.4. The molecule has 0 amide bonds. The Balaban J connectivity index is 1.98. The number of ether oxygens (including phenoxy) is 1. The standard InChI is InChI=1S/C15H8ClN3O3S/c16-7-1-3-8(4-2-7)22-9-5-17-6-10-11(9)12-13(23-10)14(20)19-15(21)18-12/h1-6H,(H2,18,19,20,21). The van der Waals surface area contributed by atoms with E-state index in [-0.39, 0.29) is 0 Å². The van der Waals surface area contributed by atoms with Gasteiger partial charge < -0.3 is 9.72 Å². The van der Waals surface area contributed by atoms with Gasteiger partial charge in [0.15, 0.2) is 5.75 Å². The number of hydrogen-bond acceptors (Lipinski definition) is 5. The molecule has 0 aliphatic carbocycles. The molecule has 0 bridgehead atoms. The number of hydrogen-bond donors (Lipinski definition) is 2. The Morgan fingerprint density at radius 1 is 1.09 bits per heavy atom. The van der Waals surface area contributed by atoms with E-state index in [9.17, 15) is 9.59 Å². The van der Waals surface area contributed by atoms with Crippen molar-refractivity contribution in [2.24, 2.45) is 0 Å². The van der Waals surface area contributed by atoms with Crippen LogP contribution in [0, 0.1) is 0 Å². The van der Waals surface area contributed by atoms with Crippen molar-refractivity contribution in [2.45, 2.75) is 0 Å². The normalized spacial score (nSPS) is 11.2. The van der Waals surface area contributed by atoms with Crippen molar-refractivity contribution in [3.8, 4) is 11.5 Å². The van der Waals surface area contributed by atoms with E-state index < -0.39 is 11.2 Å². The first-order valence-corrected chi connectivity index (χ1v) is 7.77. The van der Waals surface area contributed by atoms with Gasteiger partial charge in [-0.15, -0.1) is 11.3 Å². The molecule has 4 aromatic rings. The molecule has 0 atom stereocenters. The second-order valence-corrected chi connectivity index (χ2v) is 6.27. The van der Waals surface area contributed by atoms with Crippen LogP contribution in [0.1, 0.15) is 0 Å². The average molecular weight is 346 g/mol. The van der Waals surface area contributed by atoms with Crippen molar-refractivity contribution >= 4 is 43.2 Å². The second-order valence-electron chi connectivity index (χ2n) is 4.78. The minimum Gasteiger partial charge on any atom is -0.455 e. The first kappa shape index (κ1) is 14.0. The van der Waals surface area contributed by atoms with E-state index in [0.29, 0.717) is 32.1 Å². The van der Waals surface area contributed by atoms with Gasteiger partial charge in [-0.2, -0.15) is 0 Å². The molecule has 0 spiro atoms. The quantitative estimate of drug-likeness (QED) is 0.583. The first-order valence-electron chi connectivity index (χ1n) is 6.58. The molecule has 23 heavy (non-hydrogen) atoms. The summed E-state index contributed by atoms with van der Waals surface area (Å²) in [5.41, 5.74) is -0.538. The Labute approximate surface area is 137 Å². The van der Waals surface area contributed by atoms with Crippen molar-refractivity contribution in [2.75, 3.05) is 0 Å². The zero-order valence-corrected chi connectivity index (χ0v) is 13.0. The summed E-state index contributed by atoms with van der Waals surface area (Å²) >= 11 is 7.11. The van der Waals surface area contributed by atoms with Crippen LogP contribution in [0.3, 0.4) is 0 Å². The van der Waals surface area contributed by atoms with Gasteiger partial charge in [0, 0.05) is 11.2 Å². The third-order valence-corrected chi connectivity index (χ3v) is 4.65. The lowest BCUT2D eigenvalue weighted by molar-refractivity contribution is 0.486. The van der Waals surface area contributed by atoms with Crippen LogP contribution in [0.25, 0.3) is 20.3 Å². The number of rotatable bonds is 2. The van der Waals surface area contributed by atoms with Gasteiger partial charge in [0.2, 0.25) is 0 Å². The lowest BCUT2D eigenvalue weighted by atomic mass is 10.2. The molecule has 3 aromatic heterocycles. The molecule has 2 N–H and O–H groups in total. The number of nitrogens with one attached hydrogen (secondary N) is 2. The molecular formula is C15H8ClN3O3S. The second kappa shape index (κ2) is 5.22. The summed E-state index contributed by atoms with van der Waals surface area (Å²) in [5.74, 6) is 1.03. The van der Waals surface area contributed by atoms with Crippen LogP contribution < -0.4 is 16.0 Å². The fourth-order valence-corrected chi connectivity index (χ4v) is 3.48. The molecule has 0 aliphatic heterocycles. The number of halogens is 1. The topological polar surface area (TPSA) is 87.8 Å². The number of thiophene rings is 1. The lowest BCUT2D eigenvalue weighted by Crippen LogP contribution is -2.20. The Morgan fingerprint density at radius 2 is 1.87 bits per heavy atom. The maximum atomic E-state index is 11.9. The number of fused-ring (bicyclic) bond motifs is 3. The molecule has 114 valence electrons. The molecule has 8 heteroatoms. The highest BCUT2D eigenvalue weighted by molar-refractivity contribution is 7.25. The number of H-pyrrole nitrogens is 2. The summed E-state index contributed by atoms with van der Waals surface area (Å²) in [7, 11) is 0. The van der Waals surface area contributed by atoms with E-state index in [2.05, 4.69) is 15.0 Å². The summed E-state index contributed by atoms with van der Waals surface area (Å²) in [6, 6.07) is 6.88. The average Bonchev–Trinajstić information content (AvgIpc) is 2.90. The summed E-state index contributed by atoms with van der Waals surface area (Å²) < 4.78 is 7.02. The predicted molar refractivity (Wildman–Crippen MR) is 89.9 cm³/mol. The molecule has 0 aliphatic rings. The lowest BCUT2D eigenvalue weighted by Gasteiger charge is -2.06. The summed E-state index contributed by atoms with van der Waals surface area (Å²) in [6.07, 6.45) is 3.18. The molecule has 0 fully saturated rings. The summed E-state index contributed by atoms with van der Waals surface area (Å²) in [5, 5.41) is 1.25. The zero-order chi connectivity index (χ0) is 16.0. The molecule has 0 saturated heterocycles. The Bertz CT molecular complexity index is 1140. The highest BCUT2D eigenvalue weighted by atomic mass is 35.5. The molecular weight excluding hydrogens is 338 g/mol. The molecule has 1 aromatic carbocycles. The molecule has 0 radical (unpaired) electrons. The van der Waals surface area contributed by atoms with Gasteiger partial charge in [-0.1, -0.05) is 11.6 Å². The van der Waals surface area contributed by atoms with E-state index >= 15 is 0 Å². The molecule has 0 unspecified atom stereocenters. The van der Waals surface area contributed by atoms with Gasteiger partial charge >= 0.3 is 5.69 Å². The SMILES string of the molecule is O=c1[nH]c(=O)c2sc3cncc(Oc4ccc(Cl)cc4)c3c2[nH]1. The van der Waals surface area contributed by atoms with E-state index in [1.165, 1.54) is 11.3 Å². The highest BCUT2D eigenvalue weighted by Crippen LogP contribution is 2.37. The minimum absolute atomic E-state index is 0.425. The first-order chi connectivity index (χ1) is 11.1. The molecule has 0 saturated carbocycles. The van der Waals surface area contributed by atoms with Crippen molar-refractivity contribution in [1.82, 2.24) is 15.0 Å². The van der Waals surface area contributed by atoms with Gasteiger partial charge in [-0.05, 0) is 24.3 Å². The van der Waals surface area contributed by atoms with Crippen LogP contribution in [0.5, 0.6) is 11.5 Å². The monoisotopic (exact) mass is 345 g/mol. The fraction of sp³-hybridized carbons (Fsp3) is 0. The van der Waals surface area contributed by atoms with Gasteiger partial charge in [-0.25, -0.2) is 4.79 Å². The van der Waals surface area contributed by atoms with Gasteiger partial charge in [-0.3, -0.25) is 14.8 Å². The van der Waals surface area contributed by atoms with E-state index in [1.807, 2.05) is 0 Å². The number of aromatic amines is 2. The number of aromatic nitrogens is 3. The van der Waals surface area contributed by atoms with Crippen LogP contribution in [0.15, 0.2) is 46.2 Å². The van der Waals surface area contributed by atoms with E-state index in [0.717, 1.165) is 4.70 Å². The van der Waals surface area contributed by atoms with Crippen molar-refractivity contribution in [1.29, 1.82) is 0 Å². The van der Waals surface area contributed by atoms with Crippen LogP contribution in [0.4, 0.5) is 0 Å². The maximum Gasteiger partial charge on any atom is 0.326 e. The van der Waals surface area contributed by atoms with Crippen LogP contribution in [-0.2, 0) is 0 Å². The third-order valence-electron chi connectivity index (χ3n) is 3.28. The van der Waals surface area contributed by atoms with Crippen molar-refractivity contribution in [3.05, 3.63) is 62.5 Å². The third kappa shape index (κ3) is 2.39. The van der Waals surface area contributed by atoms with Crippen molar-refractivity contribution in [3.63, 3.8) is 0 Å². The number of pyridine rings is 1. The Hall–Kier alpha value is -2.64. The van der Waals surface area contributed by atoms with Gasteiger partial charge in [0.1, 0.15) is 10.4 Å². The molecule has 4 rings (SSSR count). The maximum absolute atomic E-state index is 11.9. The largest absolute Gasteiger partial charge is 0.455 e. The van der Waals surface area contributed by atoms with Crippen LogP contribution >= 0.6 is 22.9 Å². The Kier molecular flexibility index (Phi) is 3.17. The summed E-state index contributed by atoms with van der Waals surface area (Å²) in [6.45, 7) is 0. The Morgan fingerprint density at radius 3 is 2.65 bits per heavy atom. The molecule has 3 heterocycles. The van der Waals surface area contributed by atoms with E-state index in [1.54, 1.807) is 36.7 Å². The van der Waals surface area contributed by atoms with Gasteiger partial charge in [0.05, 0.1) is 21.8 Å². The van der Waals surface area contributed by atoms with Gasteiger partial charge in [0.25, 0.3) is 5.56 Å². The summed E-state index contributed by atoms with van der Waals surface area (Å²) in [4.78, 5) is 32.5. The molecule has 6 nitrogen and oxygen atoms in total. The number of benzene rings is 1. The number of nitrogens with zero attached hydrogens (tertiary/aromatic N) is 1. The van der Waals surface area contributed by atoms with Crippen molar-refractivity contribution < 1.29 is 4.74 Å². The minimum atomic E-state index is -0.559. The highest BCUT2D eigenvalue weighted by Gasteiger charge is 2.15.